The zero-order valence-electron chi connectivity index (χ0n) is 15.1. The molecule has 1 aromatic heterocycles. The number of carbonyl (C=O) groups excluding carboxylic acids is 1. The number of nitrogens with zero attached hydrogens (tertiary/aromatic N) is 2. The van der Waals surface area contributed by atoms with E-state index in [0.29, 0.717) is 11.4 Å². The summed E-state index contributed by atoms with van der Waals surface area (Å²) in [7, 11) is 0. The highest BCUT2D eigenvalue weighted by Gasteiger charge is 2.24. The minimum absolute atomic E-state index is 0.00271. The summed E-state index contributed by atoms with van der Waals surface area (Å²) in [6, 6.07) is 0.859. The van der Waals surface area contributed by atoms with Crippen molar-refractivity contribution in [3.63, 3.8) is 0 Å². The number of rotatable bonds is 5. The van der Waals surface area contributed by atoms with Gasteiger partial charge in [0.25, 0.3) is 5.91 Å². The van der Waals surface area contributed by atoms with Gasteiger partial charge >= 0.3 is 0 Å². The number of halogens is 1. The van der Waals surface area contributed by atoms with Crippen molar-refractivity contribution < 1.29 is 9.18 Å². The molecular formula is C18H22FN7OS. The molecule has 7 N–H and O–H groups in total. The van der Waals surface area contributed by atoms with Crippen molar-refractivity contribution in [1.29, 1.82) is 5.41 Å². The number of pyridine rings is 1. The topological polar surface area (TPSA) is 142 Å². The van der Waals surface area contributed by atoms with Gasteiger partial charge in [-0.2, -0.15) is 0 Å². The molecule has 0 aliphatic heterocycles. The van der Waals surface area contributed by atoms with Gasteiger partial charge in [-0.1, -0.05) is 12.8 Å². The molecule has 28 heavy (non-hydrogen) atoms. The van der Waals surface area contributed by atoms with Gasteiger partial charge < -0.3 is 22.1 Å². The third-order valence-corrected chi connectivity index (χ3v) is 4.97. The number of hydrogen-bond acceptors (Lipinski definition) is 8. The Bertz CT molecular complexity index is 896. The second-order valence-corrected chi connectivity index (χ2v) is 6.94. The van der Waals surface area contributed by atoms with Crippen LogP contribution in [0.15, 0.2) is 34.4 Å². The van der Waals surface area contributed by atoms with E-state index in [1.54, 1.807) is 12.2 Å². The molecule has 2 aliphatic rings. The number of allylic oxidation sites excluding steroid dienone is 3. The Hall–Kier alpha value is -2.72. The maximum Gasteiger partial charge on any atom is 0.252 e. The second-order valence-electron chi connectivity index (χ2n) is 6.74. The van der Waals surface area contributed by atoms with Gasteiger partial charge in [0.1, 0.15) is 5.82 Å². The summed E-state index contributed by atoms with van der Waals surface area (Å²) in [5.74, 6) is -1.40. The first-order valence-corrected chi connectivity index (χ1v) is 9.29. The van der Waals surface area contributed by atoms with Crippen LogP contribution in [-0.2, 0) is 0 Å². The van der Waals surface area contributed by atoms with Crippen LogP contribution in [0.2, 0.25) is 0 Å². The molecule has 1 aromatic rings. The molecule has 10 heteroatoms. The Labute approximate surface area is 167 Å². The van der Waals surface area contributed by atoms with Crippen LogP contribution < -0.4 is 22.1 Å². The lowest BCUT2D eigenvalue weighted by molar-refractivity contribution is 0.100. The minimum Gasteiger partial charge on any atom is -0.365 e. The largest absolute Gasteiger partial charge is 0.365 e. The number of amides is 1. The van der Waals surface area contributed by atoms with E-state index in [9.17, 15) is 9.18 Å². The Morgan fingerprint density at radius 1 is 1.32 bits per heavy atom. The molecule has 0 spiro atoms. The molecule has 3 rings (SSSR count). The van der Waals surface area contributed by atoms with Crippen molar-refractivity contribution in [3.8, 4) is 0 Å². The smallest absolute Gasteiger partial charge is 0.252 e. The highest BCUT2D eigenvalue weighted by molar-refractivity contribution is 7.79. The van der Waals surface area contributed by atoms with E-state index in [0.717, 1.165) is 31.7 Å². The third kappa shape index (κ3) is 4.39. The van der Waals surface area contributed by atoms with Crippen molar-refractivity contribution in [2.24, 2.45) is 15.9 Å². The van der Waals surface area contributed by atoms with Crippen LogP contribution in [0.4, 0.5) is 16.0 Å². The number of thiol groups is 1. The van der Waals surface area contributed by atoms with Crippen LogP contribution in [0, 0.1) is 11.2 Å². The zero-order valence-corrected chi connectivity index (χ0v) is 16.0. The molecule has 8 nitrogen and oxygen atoms in total. The standard InChI is InChI=1S/C18H22FN7OS/c19-11-8-10(16(22)27)17(23-9-5-6-15(26-28)13(21)7-9)25-18(11)24-14-4-2-1-3-12(14)20/h5-8,12,14,21,28H,1-4,20H2,(H2,22,27)(H2,23,24,25)/b21-13?,26-15-. The maximum atomic E-state index is 14.5. The number of aromatic nitrogens is 1. The predicted octanol–water partition coefficient (Wildman–Crippen LogP) is 2.17. The van der Waals surface area contributed by atoms with Crippen molar-refractivity contribution >= 4 is 41.8 Å². The van der Waals surface area contributed by atoms with E-state index in [-0.39, 0.29) is 35.0 Å². The molecule has 0 saturated heterocycles. The van der Waals surface area contributed by atoms with E-state index in [2.05, 4.69) is 32.8 Å². The molecular weight excluding hydrogens is 381 g/mol. The van der Waals surface area contributed by atoms with Crippen LogP contribution in [0.5, 0.6) is 0 Å². The first-order chi connectivity index (χ1) is 13.4. The molecule has 0 radical (unpaired) electrons. The molecule has 2 aliphatic carbocycles. The molecule has 2 atom stereocenters. The highest BCUT2D eigenvalue weighted by Crippen LogP contribution is 2.26. The zero-order chi connectivity index (χ0) is 20.3. The second kappa shape index (κ2) is 8.53. The van der Waals surface area contributed by atoms with Gasteiger partial charge in [0.15, 0.2) is 11.6 Å². The van der Waals surface area contributed by atoms with Crippen molar-refractivity contribution in [1.82, 2.24) is 4.98 Å². The highest BCUT2D eigenvalue weighted by atomic mass is 32.1. The third-order valence-electron chi connectivity index (χ3n) is 4.75. The predicted molar refractivity (Wildman–Crippen MR) is 112 cm³/mol. The van der Waals surface area contributed by atoms with E-state index < -0.39 is 11.7 Å². The summed E-state index contributed by atoms with van der Waals surface area (Å²) in [4.78, 5) is 16.0. The molecule has 1 amide bonds. The average Bonchev–Trinajstić information content (AvgIpc) is 2.66. The van der Waals surface area contributed by atoms with Gasteiger partial charge in [0, 0.05) is 17.8 Å². The Morgan fingerprint density at radius 3 is 2.71 bits per heavy atom. The first kappa shape index (κ1) is 20.0. The van der Waals surface area contributed by atoms with Gasteiger partial charge in [0.2, 0.25) is 0 Å². The van der Waals surface area contributed by atoms with Gasteiger partial charge in [-0.05, 0) is 50.0 Å². The number of primary amides is 1. The van der Waals surface area contributed by atoms with Gasteiger partial charge in [-0.15, -0.1) is 0 Å². The average molecular weight is 403 g/mol. The molecule has 1 heterocycles. The van der Waals surface area contributed by atoms with Crippen LogP contribution in [0.1, 0.15) is 36.0 Å². The SMILES string of the molecule is N=C1C=C(Nc2nc(NC3CCCCC3N)c(F)cc2C(N)=O)C=C/C1=N/S. The monoisotopic (exact) mass is 403 g/mol. The van der Waals surface area contributed by atoms with Gasteiger partial charge in [0.05, 0.1) is 17.0 Å². The molecule has 0 bridgehead atoms. The van der Waals surface area contributed by atoms with Gasteiger partial charge in [-0.3, -0.25) is 10.2 Å². The summed E-state index contributed by atoms with van der Waals surface area (Å²) in [5, 5.41) is 13.9. The van der Waals surface area contributed by atoms with E-state index >= 15 is 0 Å². The molecule has 1 fully saturated rings. The summed E-state index contributed by atoms with van der Waals surface area (Å²) < 4.78 is 18.2. The van der Waals surface area contributed by atoms with Crippen LogP contribution in [-0.4, -0.2) is 34.4 Å². The number of hydrogen-bond donors (Lipinski definition) is 6. The molecule has 148 valence electrons. The quantitative estimate of drug-likeness (QED) is 0.330. The van der Waals surface area contributed by atoms with E-state index in [1.807, 2.05) is 0 Å². The molecule has 1 saturated carbocycles. The summed E-state index contributed by atoms with van der Waals surface area (Å²) >= 11 is 3.80. The van der Waals surface area contributed by atoms with E-state index in [1.165, 1.54) is 6.08 Å². The fraction of sp³-hybridized carbons (Fsp3) is 0.333. The van der Waals surface area contributed by atoms with Crippen LogP contribution >= 0.6 is 12.8 Å². The number of nitrogens with one attached hydrogen (secondary N) is 3. The van der Waals surface area contributed by atoms with E-state index in [4.69, 9.17) is 16.9 Å². The number of anilines is 2. The van der Waals surface area contributed by atoms with Crippen LogP contribution in [0.3, 0.4) is 0 Å². The van der Waals surface area contributed by atoms with Crippen molar-refractivity contribution in [2.75, 3.05) is 10.6 Å². The summed E-state index contributed by atoms with van der Waals surface area (Å²) in [5.41, 5.74) is 12.4. The summed E-state index contributed by atoms with van der Waals surface area (Å²) in [6.45, 7) is 0. The van der Waals surface area contributed by atoms with Crippen LogP contribution in [0.25, 0.3) is 0 Å². The summed E-state index contributed by atoms with van der Waals surface area (Å²) in [6.07, 6.45) is 8.46. The first-order valence-electron chi connectivity index (χ1n) is 8.89. The lowest BCUT2D eigenvalue weighted by Crippen LogP contribution is -2.43. The molecule has 0 aromatic carbocycles. The normalized spacial score (nSPS) is 23.5. The minimum atomic E-state index is -0.817. The van der Waals surface area contributed by atoms with Crippen molar-refractivity contribution in [2.45, 2.75) is 37.8 Å². The Balaban J connectivity index is 1.90. The van der Waals surface area contributed by atoms with Crippen molar-refractivity contribution in [3.05, 3.63) is 41.4 Å². The molecule has 2 unspecified atom stereocenters. The fourth-order valence-electron chi connectivity index (χ4n) is 3.23. The fourth-order valence-corrected chi connectivity index (χ4v) is 3.40. The number of nitrogens with two attached hydrogens (primary N) is 2. The number of carbonyl (C=O) groups is 1. The lowest BCUT2D eigenvalue weighted by atomic mass is 9.91. The Morgan fingerprint density at radius 2 is 2.07 bits per heavy atom. The maximum absolute atomic E-state index is 14.5. The lowest BCUT2D eigenvalue weighted by Gasteiger charge is -2.30. The Kier molecular flexibility index (Phi) is 6.10. The van der Waals surface area contributed by atoms with Gasteiger partial charge in [-0.25, -0.2) is 13.8 Å².